The molecule has 2 rings (SSSR count). The summed E-state index contributed by atoms with van der Waals surface area (Å²) in [4.78, 5) is 9.07. The molecule has 0 aromatic carbocycles. The van der Waals surface area contributed by atoms with Crippen LogP contribution in [0.4, 0.5) is 0 Å². The van der Waals surface area contributed by atoms with Crippen molar-refractivity contribution in [3.8, 4) is 0 Å². The molecule has 1 aliphatic heterocycles. The lowest BCUT2D eigenvalue weighted by atomic mass is 9.96. The quantitative estimate of drug-likeness (QED) is 0.852. The molecule has 1 fully saturated rings. The van der Waals surface area contributed by atoms with Gasteiger partial charge in [0, 0.05) is 50.2 Å². The van der Waals surface area contributed by atoms with Gasteiger partial charge in [-0.15, -0.1) is 0 Å². The number of nitrogens with two attached hydrogens (primary N) is 1. The van der Waals surface area contributed by atoms with Gasteiger partial charge in [-0.25, -0.2) is 0 Å². The molecule has 0 aliphatic carbocycles. The molecule has 2 heterocycles. The lowest BCUT2D eigenvalue weighted by Crippen LogP contribution is -2.54. The second-order valence-corrected chi connectivity index (χ2v) is 6.27. The normalized spacial score (nSPS) is 23.9. The first-order valence-electron chi connectivity index (χ1n) is 7.62. The first-order chi connectivity index (χ1) is 9.57. The van der Waals surface area contributed by atoms with E-state index in [1.807, 2.05) is 12.4 Å². The van der Waals surface area contributed by atoms with Gasteiger partial charge in [-0.05, 0) is 51.4 Å². The zero-order chi connectivity index (χ0) is 14.6. The number of nitrogens with zero attached hydrogens (tertiary/aromatic N) is 3. The molecule has 4 heteroatoms. The first kappa shape index (κ1) is 15.4. The Bertz CT molecular complexity index is 406. The van der Waals surface area contributed by atoms with Gasteiger partial charge in [0.15, 0.2) is 0 Å². The SMILES string of the molecule is CC(C)N1CCC(CN)(N(C)CCc2ccncc2)C1. The highest BCUT2D eigenvalue weighted by Gasteiger charge is 2.40. The largest absolute Gasteiger partial charge is 0.329 e. The van der Waals surface area contributed by atoms with Crippen LogP contribution >= 0.6 is 0 Å². The van der Waals surface area contributed by atoms with Crippen LogP contribution in [0.3, 0.4) is 0 Å². The van der Waals surface area contributed by atoms with E-state index < -0.39 is 0 Å². The van der Waals surface area contributed by atoms with Crippen LogP contribution in [0.25, 0.3) is 0 Å². The van der Waals surface area contributed by atoms with Gasteiger partial charge in [-0.3, -0.25) is 14.8 Å². The molecular formula is C16H28N4. The van der Waals surface area contributed by atoms with E-state index in [1.165, 1.54) is 12.0 Å². The monoisotopic (exact) mass is 276 g/mol. The molecular weight excluding hydrogens is 248 g/mol. The fourth-order valence-corrected chi connectivity index (χ4v) is 3.05. The van der Waals surface area contributed by atoms with E-state index in [0.717, 1.165) is 32.6 Å². The molecule has 1 aromatic heterocycles. The number of aromatic nitrogens is 1. The molecule has 2 N–H and O–H groups in total. The molecule has 0 amide bonds. The maximum absolute atomic E-state index is 6.12. The summed E-state index contributed by atoms with van der Waals surface area (Å²) in [5.41, 5.74) is 7.62. The molecule has 1 atom stereocenters. The van der Waals surface area contributed by atoms with Gasteiger partial charge in [0.1, 0.15) is 0 Å². The Morgan fingerprint density at radius 3 is 2.65 bits per heavy atom. The maximum atomic E-state index is 6.12. The van der Waals surface area contributed by atoms with Crippen LogP contribution in [0, 0.1) is 0 Å². The molecule has 4 nitrogen and oxygen atoms in total. The van der Waals surface area contributed by atoms with Gasteiger partial charge in [-0.2, -0.15) is 0 Å². The van der Waals surface area contributed by atoms with Crippen LogP contribution in [0.2, 0.25) is 0 Å². The Morgan fingerprint density at radius 2 is 2.10 bits per heavy atom. The number of likely N-dealkylation sites (tertiary alicyclic amines) is 1. The standard InChI is InChI=1S/C16H28N4/c1-14(2)20-11-7-16(12-17,13-20)19(3)10-6-15-4-8-18-9-5-15/h4-5,8-9,14H,6-7,10-13,17H2,1-3H3. The number of likely N-dealkylation sites (N-methyl/N-ethyl adjacent to an activating group) is 1. The summed E-state index contributed by atoms with van der Waals surface area (Å²) in [5.74, 6) is 0. The van der Waals surface area contributed by atoms with Crippen molar-refractivity contribution < 1.29 is 0 Å². The van der Waals surface area contributed by atoms with Crippen molar-refractivity contribution in [1.82, 2.24) is 14.8 Å². The highest BCUT2D eigenvalue weighted by Crippen LogP contribution is 2.27. The van der Waals surface area contributed by atoms with E-state index in [2.05, 4.69) is 47.8 Å². The van der Waals surface area contributed by atoms with Crippen LogP contribution in [-0.4, -0.2) is 59.6 Å². The summed E-state index contributed by atoms with van der Waals surface area (Å²) in [6.45, 7) is 8.58. The predicted molar refractivity (Wildman–Crippen MR) is 83.7 cm³/mol. The third-order valence-electron chi connectivity index (χ3n) is 4.77. The number of rotatable bonds is 6. The highest BCUT2D eigenvalue weighted by molar-refractivity contribution is 5.10. The lowest BCUT2D eigenvalue weighted by molar-refractivity contribution is 0.124. The fourth-order valence-electron chi connectivity index (χ4n) is 3.05. The van der Waals surface area contributed by atoms with Crippen molar-refractivity contribution >= 4 is 0 Å². The second kappa shape index (κ2) is 6.66. The summed E-state index contributed by atoms with van der Waals surface area (Å²) < 4.78 is 0. The number of pyridine rings is 1. The summed E-state index contributed by atoms with van der Waals surface area (Å²) in [6, 6.07) is 4.80. The van der Waals surface area contributed by atoms with E-state index >= 15 is 0 Å². The smallest absolute Gasteiger partial charge is 0.0467 e. The average Bonchev–Trinajstić information content (AvgIpc) is 2.92. The Morgan fingerprint density at radius 1 is 1.40 bits per heavy atom. The van der Waals surface area contributed by atoms with Crippen LogP contribution in [0.15, 0.2) is 24.5 Å². The Kier molecular flexibility index (Phi) is 5.13. The molecule has 1 unspecified atom stereocenters. The summed E-state index contributed by atoms with van der Waals surface area (Å²) >= 11 is 0. The van der Waals surface area contributed by atoms with Crippen molar-refractivity contribution in [3.05, 3.63) is 30.1 Å². The van der Waals surface area contributed by atoms with Crippen molar-refractivity contribution in [2.45, 2.75) is 38.3 Å². The van der Waals surface area contributed by atoms with Crippen molar-refractivity contribution in [2.75, 3.05) is 33.2 Å². The highest BCUT2D eigenvalue weighted by atomic mass is 15.3. The minimum atomic E-state index is 0.150. The van der Waals surface area contributed by atoms with Crippen LogP contribution in [-0.2, 0) is 6.42 Å². The first-order valence-corrected chi connectivity index (χ1v) is 7.62. The van der Waals surface area contributed by atoms with Crippen molar-refractivity contribution in [3.63, 3.8) is 0 Å². The van der Waals surface area contributed by atoms with Crippen LogP contribution in [0.1, 0.15) is 25.8 Å². The van der Waals surface area contributed by atoms with E-state index in [9.17, 15) is 0 Å². The van der Waals surface area contributed by atoms with Gasteiger partial charge in [0.2, 0.25) is 0 Å². The molecule has 1 aromatic rings. The van der Waals surface area contributed by atoms with Gasteiger partial charge in [0.25, 0.3) is 0 Å². The average molecular weight is 276 g/mol. The minimum Gasteiger partial charge on any atom is -0.329 e. The van der Waals surface area contributed by atoms with Crippen LogP contribution in [0.5, 0.6) is 0 Å². The third-order valence-corrected chi connectivity index (χ3v) is 4.77. The second-order valence-electron chi connectivity index (χ2n) is 6.27. The predicted octanol–water partition coefficient (Wildman–Crippen LogP) is 1.37. The van der Waals surface area contributed by atoms with Crippen molar-refractivity contribution in [2.24, 2.45) is 5.73 Å². The molecule has 112 valence electrons. The zero-order valence-corrected chi connectivity index (χ0v) is 13.0. The molecule has 20 heavy (non-hydrogen) atoms. The molecule has 0 radical (unpaired) electrons. The molecule has 0 spiro atoms. The Labute approximate surface area is 123 Å². The third kappa shape index (κ3) is 3.37. The summed E-state index contributed by atoms with van der Waals surface area (Å²) in [7, 11) is 2.22. The van der Waals surface area contributed by atoms with Gasteiger partial charge < -0.3 is 5.73 Å². The van der Waals surface area contributed by atoms with E-state index in [-0.39, 0.29) is 5.54 Å². The van der Waals surface area contributed by atoms with E-state index in [0.29, 0.717) is 6.04 Å². The van der Waals surface area contributed by atoms with Gasteiger partial charge >= 0.3 is 0 Å². The Balaban J connectivity index is 1.94. The van der Waals surface area contributed by atoms with E-state index in [4.69, 9.17) is 5.73 Å². The molecule has 1 aliphatic rings. The zero-order valence-electron chi connectivity index (χ0n) is 13.0. The van der Waals surface area contributed by atoms with E-state index in [1.54, 1.807) is 0 Å². The summed E-state index contributed by atoms with van der Waals surface area (Å²) in [5, 5.41) is 0. The minimum absolute atomic E-state index is 0.150. The molecule has 0 bridgehead atoms. The number of hydrogen-bond acceptors (Lipinski definition) is 4. The summed E-state index contributed by atoms with van der Waals surface area (Å²) in [6.07, 6.45) is 5.96. The molecule has 0 saturated carbocycles. The topological polar surface area (TPSA) is 45.4 Å². The fraction of sp³-hybridized carbons (Fsp3) is 0.688. The van der Waals surface area contributed by atoms with Gasteiger partial charge in [0.05, 0.1) is 0 Å². The van der Waals surface area contributed by atoms with Gasteiger partial charge in [-0.1, -0.05) is 0 Å². The Hall–Kier alpha value is -0.970. The number of hydrogen-bond donors (Lipinski definition) is 1. The lowest BCUT2D eigenvalue weighted by Gasteiger charge is -2.38. The van der Waals surface area contributed by atoms with Crippen LogP contribution < -0.4 is 5.73 Å². The maximum Gasteiger partial charge on any atom is 0.0467 e. The molecule has 1 saturated heterocycles. The van der Waals surface area contributed by atoms with Crippen molar-refractivity contribution in [1.29, 1.82) is 0 Å².